The fourth-order valence-electron chi connectivity index (χ4n) is 1.36. The maximum Gasteiger partial charge on any atom is 0.271 e. The third-order valence-corrected chi connectivity index (χ3v) is 2.12. The molecule has 1 aromatic rings. The van der Waals surface area contributed by atoms with Gasteiger partial charge < -0.3 is 10.5 Å². The number of aromatic nitrogens is 2. The zero-order valence-electron chi connectivity index (χ0n) is 9.36. The number of methoxy groups -OCH3 is 1. The van der Waals surface area contributed by atoms with Crippen molar-refractivity contribution in [2.45, 2.75) is 26.4 Å². The van der Waals surface area contributed by atoms with Crippen molar-refractivity contribution in [3.8, 4) is 0 Å². The Morgan fingerprint density at radius 3 is 2.87 bits per heavy atom. The van der Waals surface area contributed by atoms with Gasteiger partial charge in [0.1, 0.15) is 0 Å². The molecule has 1 heterocycles. The van der Waals surface area contributed by atoms with Gasteiger partial charge in [-0.2, -0.15) is 5.10 Å². The van der Waals surface area contributed by atoms with E-state index in [2.05, 4.69) is 5.10 Å². The molecule has 0 spiro atoms. The first kappa shape index (κ1) is 11.9. The molecule has 0 radical (unpaired) electrons. The van der Waals surface area contributed by atoms with E-state index in [0.717, 1.165) is 5.69 Å². The summed E-state index contributed by atoms with van der Waals surface area (Å²) in [4.78, 5) is 11.8. The summed E-state index contributed by atoms with van der Waals surface area (Å²) < 4.78 is 6.31. The van der Waals surface area contributed by atoms with Crippen LogP contribution in [0, 0.1) is 6.92 Å². The van der Waals surface area contributed by atoms with Crippen LogP contribution in [0.25, 0.3) is 0 Å². The van der Waals surface area contributed by atoms with Crippen LogP contribution in [0.5, 0.6) is 0 Å². The summed E-state index contributed by atoms with van der Waals surface area (Å²) in [6, 6.07) is 1.46. The lowest BCUT2D eigenvalue weighted by atomic mass is 10.1. The summed E-state index contributed by atoms with van der Waals surface area (Å²) in [6.45, 7) is 4.55. The summed E-state index contributed by atoms with van der Waals surface area (Å²) >= 11 is 0. The highest BCUT2D eigenvalue weighted by Crippen LogP contribution is 2.04. The van der Waals surface area contributed by atoms with Crippen molar-refractivity contribution in [3.63, 3.8) is 0 Å². The minimum absolute atomic E-state index is 0.132. The molecule has 0 saturated carbocycles. The molecule has 0 aromatic carbocycles. The lowest BCUT2D eigenvalue weighted by Crippen LogP contribution is -2.31. The molecular formula is C10H17N3O2. The van der Waals surface area contributed by atoms with Gasteiger partial charge in [-0.3, -0.25) is 4.79 Å². The number of nitrogens with two attached hydrogens (primary N) is 1. The van der Waals surface area contributed by atoms with Crippen LogP contribution in [-0.4, -0.2) is 23.5 Å². The highest BCUT2D eigenvalue weighted by atomic mass is 16.5. The van der Waals surface area contributed by atoms with Crippen LogP contribution in [0.2, 0.25) is 0 Å². The first-order valence-corrected chi connectivity index (χ1v) is 4.89. The van der Waals surface area contributed by atoms with Gasteiger partial charge in [0.2, 0.25) is 0 Å². The van der Waals surface area contributed by atoms with Crippen LogP contribution < -0.4 is 11.3 Å². The maximum atomic E-state index is 11.8. The molecule has 0 saturated heterocycles. The highest BCUT2D eigenvalue weighted by molar-refractivity contribution is 5.15. The number of rotatable bonds is 4. The molecule has 0 fully saturated rings. The molecule has 0 aliphatic carbocycles. The summed E-state index contributed by atoms with van der Waals surface area (Å²) in [5.41, 5.74) is 6.96. The topological polar surface area (TPSA) is 70.1 Å². The average Bonchev–Trinajstić information content (AvgIpc) is 2.18. The predicted octanol–water partition coefficient (Wildman–Crippen LogP) is 0.218. The Kier molecular flexibility index (Phi) is 3.99. The van der Waals surface area contributed by atoms with E-state index in [-0.39, 0.29) is 11.6 Å². The van der Waals surface area contributed by atoms with E-state index >= 15 is 0 Å². The maximum absolute atomic E-state index is 11.8. The monoisotopic (exact) mass is 211 g/mol. The van der Waals surface area contributed by atoms with E-state index in [1.165, 1.54) is 4.68 Å². The Balaban J connectivity index is 3.11. The second kappa shape index (κ2) is 5.04. The molecule has 0 bridgehead atoms. The Morgan fingerprint density at radius 1 is 1.67 bits per heavy atom. The van der Waals surface area contributed by atoms with E-state index in [9.17, 15) is 4.79 Å². The van der Waals surface area contributed by atoms with Gasteiger partial charge in [-0.1, -0.05) is 0 Å². The molecular weight excluding hydrogens is 194 g/mol. The Bertz CT molecular complexity index is 385. The normalized spacial score (nSPS) is 12.8. The van der Waals surface area contributed by atoms with Crippen molar-refractivity contribution in [3.05, 3.63) is 27.7 Å². The van der Waals surface area contributed by atoms with Crippen LogP contribution in [0.3, 0.4) is 0 Å². The van der Waals surface area contributed by atoms with Crippen molar-refractivity contribution in [2.75, 3.05) is 13.7 Å². The molecule has 15 heavy (non-hydrogen) atoms. The summed E-state index contributed by atoms with van der Waals surface area (Å²) in [5.74, 6) is 0. The van der Waals surface area contributed by atoms with Crippen LogP contribution in [0.1, 0.15) is 24.2 Å². The lowest BCUT2D eigenvalue weighted by Gasteiger charge is -2.10. The fourth-order valence-corrected chi connectivity index (χ4v) is 1.36. The van der Waals surface area contributed by atoms with E-state index in [1.807, 2.05) is 6.92 Å². The molecule has 5 heteroatoms. The van der Waals surface area contributed by atoms with Crippen molar-refractivity contribution in [2.24, 2.45) is 5.73 Å². The standard InChI is InChI=1S/C10H17N3O2/c1-7-6-9(8(2)11)10(14)13(12-7)4-5-15-3/h6,8H,4-5,11H2,1-3H3. The van der Waals surface area contributed by atoms with Crippen molar-refractivity contribution < 1.29 is 4.74 Å². The molecule has 5 nitrogen and oxygen atoms in total. The van der Waals surface area contributed by atoms with E-state index in [1.54, 1.807) is 20.1 Å². The Hall–Kier alpha value is -1.20. The van der Waals surface area contributed by atoms with Crippen molar-refractivity contribution in [1.29, 1.82) is 0 Å². The molecule has 0 aliphatic heterocycles. The van der Waals surface area contributed by atoms with Crippen LogP contribution in [0.15, 0.2) is 10.9 Å². The zero-order chi connectivity index (χ0) is 11.4. The minimum atomic E-state index is -0.270. The number of hydrogen-bond acceptors (Lipinski definition) is 4. The lowest BCUT2D eigenvalue weighted by molar-refractivity contribution is 0.181. The van der Waals surface area contributed by atoms with E-state index in [4.69, 9.17) is 10.5 Å². The SMILES string of the molecule is COCCn1nc(C)cc(C(C)N)c1=O. The van der Waals surface area contributed by atoms with Gasteiger partial charge in [0.05, 0.1) is 18.8 Å². The number of hydrogen-bond donors (Lipinski definition) is 1. The Morgan fingerprint density at radius 2 is 2.33 bits per heavy atom. The number of aryl methyl sites for hydroxylation is 1. The number of ether oxygens (including phenoxy) is 1. The van der Waals surface area contributed by atoms with Crippen molar-refractivity contribution in [1.82, 2.24) is 9.78 Å². The van der Waals surface area contributed by atoms with Crippen LogP contribution >= 0.6 is 0 Å². The molecule has 0 aliphatic rings. The largest absolute Gasteiger partial charge is 0.383 e. The van der Waals surface area contributed by atoms with Crippen molar-refractivity contribution >= 4 is 0 Å². The van der Waals surface area contributed by atoms with Gasteiger partial charge in [0.25, 0.3) is 5.56 Å². The zero-order valence-corrected chi connectivity index (χ0v) is 9.36. The predicted molar refractivity (Wildman–Crippen MR) is 57.7 cm³/mol. The molecule has 0 amide bonds. The smallest absolute Gasteiger partial charge is 0.271 e. The summed E-state index contributed by atoms with van der Waals surface area (Å²) in [6.07, 6.45) is 0. The second-order valence-electron chi connectivity index (χ2n) is 3.55. The summed E-state index contributed by atoms with van der Waals surface area (Å²) in [5, 5.41) is 4.12. The molecule has 1 rings (SSSR count). The van der Waals surface area contributed by atoms with Gasteiger partial charge in [0, 0.05) is 18.7 Å². The van der Waals surface area contributed by atoms with Gasteiger partial charge in [-0.05, 0) is 19.9 Å². The van der Waals surface area contributed by atoms with Crippen LogP contribution in [-0.2, 0) is 11.3 Å². The van der Waals surface area contributed by atoms with E-state index in [0.29, 0.717) is 18.7 Å². The average molecular weight is 211 g/mol. The first-order chi connectivity index (χ1) is 7.06. The molecule has 2 N–H and O–H groups in total. The minimum Gasteiger partial charge on any atom is -0.383 e. The molecule has 1 aromatic heterocycles. The molecule has 1 unspecified atom stereocenters. The third-order valence-electron chi connectivity index (χ3n) is 2.12. The van der Waals surface area contributed by atoms with E-state index < -0.39 is 0 Å². The number of nitrogens with zero attached hydrogens (tertiary/aromatic N) is 2. The van der Waals surface area contributed by atoms with Gasteiger partial charge in [-0.15, -0.1) is 0 Å². The first-order valence-electron chi connectivity index (χ1n) is 4.89. The molecule has 84 valence electrons. The third kappa shape index (κ3) is 2.87. The van der Waals surface area contributed by atoms with Crippen LogP contribution in [0.4, 0.5) is 0 Å². The van der Waals surface area contributed by atoms with Gasteiger partial charge in [0.15, 0.2) is 0 Å². The Labute approximate surface area is 88.9 Å². The second-order valence-corrected chi connectivity index (χ2v) is 3.55. The van der Waals surface area contributed by atoms with Gasteiger partial charge >= 0.3 is 0 Å². The van der Waals surface area contributed by atoms with Gasteiger partial charge in [-0.25, -0.2) is 4.68 Å². The highest BCUT2D eigenvalue weighted by Gasteiger charge is 2.09. The molecule has 1 atom stereocenters. The summed E-state index contributed by atoms with van der Waals surface area (Å²) in [7, 11) is 1.59. The quantitative estimate of drug-likeness (QED) is 0.773. The fraction of sp³-hybridized carbons (Fsp3) is 0.600.